The molecule has 0 atom stereocenters. The van der Waals surface area contributed by atoms with Crippen LogP contribution in [0.1, 0.15) is 59.6 Å². The van der Waals surface area contributed by atoms with E-state index in [9.17, 15) is 9.59 Å². The van der Waals surface area contributed by atoms with Crippen molar-refractivity contribution in [2.24, 2.45) is 17.6 Å². The first-order valence-electron chi connectivity index (χ1n) is 11.4. The summed E-state index contributed by atoms with van der Waals surface area (Å²) in [5, 5.41) is 0. The van der Waals surface area contributed by atoms with Gasteiger partial charge in [-0.15, -0.1) is 24.8 Å². The molecule has 0 unspecified atom stereocenters. The highest BCUT2D eigenvalue weighted by Gasteiger charge is 2.31. The third-order valence-corrected chi connectivity index (χ3v) is 6.24. The molecule has 2 N–H and O–H groups in total. The molecule has 3 rings (SSSR count). The molecular weight excluding hydrogens is 473 g/mol. The van der Waals surface area contributed by atoms with E-state index in [1.807, 2.05) is 18.7 Å². The molecule has 8 heteroatoms. The number of amides is 1. The summed E-state index contributed by atoms with van der Waals surface area (Å²) in [6.07, 6.45) is 2.03. The van der Waals surface area contributed by atoms with Gasteiger partial charge in [-0.2, -0.15) is 0 Å². The first kappa shape index (κ1) is 29.9. The number of nitrogens with zero attached hydrogens (tertiary/aromatic N) is 2. The molecule has 1 amide bonds. The van der Waals surface area contributed by atoms with Crippen LogP contribution in [0, 0.1) is 25.7 Å². The van der Waals surface area contributed by atoms with Crippen LogP contribution in [0.25, 0.3) is 11.1 Å². The fraction of sp³-hybridized carbons (Fsp3) is 0.500. The second-order valence-electron chi connectivity index (χ2n) is 9.13. The average molecular weight is 511 g/mol. The van der Waals surface area contributed by atoms with Gasteiger partial charge in [0, 0.05) is 30.9 Å². The van der Waals surface area contributed by atoms with Gasteiger partial charge < -0.3 is 15.4 Å². The van der Waals surface area contributed by atoms with Gasteiger partial charge in [0.1, 0.15) is 0 Å². The molecule has 1 aromatic heterocycles. The first-order valence-corrected chi connectivity index (χ1v) is 11.4. The van der Waals surface area contributed by atoms with Crippen LogP contribution in [-0.4, -0.2) is 42.0 Å². The first-order chi connectivity index (χ1) is 15.3. The van der Waals surface area contributed by atoms with Crippen LogP contribution in [0.4, 0.5) is 0 Å². The lowest BCUT2D eigenvalue weighted by Gasteiger charge is -2.32. The number of ether oxygens (including phenoxy) is 1. The van der Waals surface area contributed by atoms with Crippen LogP contribution in [0.5, 0.6) is 0 Å². The molecule has 0 bridgehead atoms. The molecule has 1 aliphatic heterocycles. The largest absolute Gasteiger partial charge is 0.469 e. The SMILES string of the molecule is COC(=O)C1CCN(C(=O)c2c(C)nc(CC(C)C)c(CN)c2-c2ccc(C)cc2)CC1.Cl.Cl. The van der Waals surface area contributed by atoms with Crippen LogP contribution >= 0.6 is 24.8 Å². The Morgan fingerprint density at radius 2 is 1.71 bits per heavy atom. The van der Waals surface area contributed by atoms with E-state index in [0.29, 0.717) is 44.0 Å². The van der Waals surface area contributed by atoms with Crippen LogP contribution < -0.4 is 5.73 Å². The smallest absolute Gasteiger partial charge is 0.308 e. The number of rotatable bonds is 6. The summed E-state index contributed by atoms with van der Waals surface area (Å²) in [5.41, 5.74) is 12.6. The number of aryl methyl sites for hydroxylation is 2. The zero-order valence-corrected chi connectivity index (χ0v) is 22.4. The maximum Gasteiger partial charge on any atom is 0.308 e. The van der Waals surface area contributed by atoms with Crippen LogP contribution in [0.2, 0.25) is 0 Å². The highest BCUT2D eigenvalue weighted by atomic mass is 35.5. The Kier molecular flexibility index (Phi) is 11.5. The maximum atomic E-state index is 13.8. The molecule has 0 radical (unpaired) electrons. The Labute approximate surface area is 215 Å². The third-order valence-electron chi connectivity index (χ3n) is 6.24. The Morgan fingerprint density at radius 1 is 1.12 bits per heavy atom. The summed E-state index contributed by atoms with van der Waals surface area (Å²) >= 11 is 0. The van der Waals surface area contributed by atoms with Gasteiger partial charge in [0.15, 0.2) is 0 Å². The maximum absolute atomic E-state index is 13.8. The van der Waals surface area contributed by atoms with E-state index >= 15 is 0 Å². The fourth-order valence-electron chi connectivity index (χ4n) is 4.52. The number of likely N-dealkylation sites (tertiary alicyclic amines) is 1. The van der Waals surface area contributed by atoms with E-state index in [1.165, 1.54) is 7.11 Å². The van der Waals surface area contributed by atoms with Crippen molar-refractivity contribution in [3.8, 4) is 11.1 Å². The van der Waals surface area contributed by atoms with Crippen molar-refractivity contribution >= 4 is 36.7 Å². The van der Waals surface area contributed by atoms with E-state index in [-0.39, 0.29) is 42.6 Å². The highest BCUT2D eigenvalue weighted by molar-refractivity contribution is 6.03. The molecule has 0 spiro atoms. The normalized spacial score (nSPS) is 13.8. The summed E-state index contributed by atoms with van der Waals surface area (Å²) in [4.78, 5) is 32.3. The van der Waals surface area contributed by atoms with E-state index in [4.69, 9.17) is 15.5 Å². The molecule has 188 valence electrons. The number of benzene rings is 1. The van der Waals surface area contributed by atoms with Crippen molar-refractivity contribution in [1.82, 2.24) is 9.88 Å². The summed E-state index contributed by atoms with van der Waals surface area (Å²) in [7, 11) is 1.41. The zero-order valence-electron chi connectivity index (χ0n) is 20.7. The summed E-state index contributed by atoms with van der Waals surface area (Å²) in [6, 6.07) is 8.23. The van der Waals surface area contributed by atoms with Crippen LogP contribution in [-0.2, 0) is 22.5 Å². The van der Waals surface area contributed by atoms with Crippen LogP contribution in [0.15, 0.2) is 24.3 Å². The highest BCUT2D eigenvalue weighted by Crippen LogP contribution is 2.34. The molecule has 1 aromatic carbocycles. The molecule has 1 aliphatic rings. The van der Waals surface area contributed by atoms with Gasteiger partial charge in [-0.05, 0) is 50.2 Å². The van der Waals surface area contributed by atoms with Crippen molar-refractivity contribution in [1.29, 1.82) is 0 Å². The standard InChI is InChI=1S/C26H35N3O3.2ClH/c1-16(2)14-22-21(15-27)24(19-8-6-17(3)7-9-19)23(18(4)28-22)25(30)29-12-10-20(11-13-29)26(31)32-5;;/h6-9,16,20H,10-15,27H2,1-5H3;2*1H. The van der Waals surface area contributed by atoms with Gasteiger partial charge >= 0.3 is 5.97 Å². The van der Waals surface area contributed by atoms with Gasteiger partial charge in [-0.25, -0.2) is 0 Å². The van der Waals surface area contributed by atoms with Gasteiger partial charge in [0.25, 0.3) is 5.91 Å². The molecule has 34 heavy (non-hydrogen) atoms. The molecule has 0 saturated carbocycles. The van der Waals surface area contributed by atoms with E-state index < -0.39 is 0 Å². The third kappa shape index (κ3) is 6.49. The number of carbonyl (C=O) groups excluding carboxylic acids is 2. The lowest BCUT2D eigenvalue weighted by atomic mass is 9.88. The molecule has 1 saturated heterocycles. The number of carbonyl (C=O) groups is 2. The summed E-state index contributed by atoms with van der Waals surface area (Å²) < 4.78 is 4.88. The minimum atomic E-state index is -0.196. The molecular formula is C26H37Cl2N3O3. The molecule has 0 aliphatic carbocycles. The second-order valence-corrected chi connectivity index (χ2v) is 9.13. The van der Waals surface area contributed by atoms with Crippen LogP contribution in [0.3, 0.4) is 0 Å². The quantitative estimate of drug-likeness (QED) is 0.560. The minimum Gasteiger partial charge on any atom is -0.469 e. The number of methoxy groups -OCH3 is 1. The second kappa shape index (κ2) is 13.1. The minimum absolute atomic E-state index is 0. The number of esters is 1. The predicted molar refractivity (Wildman–Crippen MR) is 141 cm³/mol. The van der Waals surface area contributed by atoms with E-state index in [1.54, 1.807) is 0 Å². The van der Waals surface area contributed by atoms with Gasteiger partial charge in [-0.3, -0.25) is 14.6 Å². The van der Waals surface area contributed by atoms with Gasteiger partial charge in [0.2, 0.25) is 0 Å². The Balaban J connectivity index is 0.00000289. The van der Waals surface area contributed by atoms with E-state index in [0.717, 1.165) is 40.1 Å². The van der Waals surface area contributed by atoms with Gasteiger partial charge in [0.05, 0.1) is 24.3 Å². The summed E-state index contributed by atoms with van der Waals surface area (Å²) in [5.74, 6) is 0.0447. The van der Waals surface area contributed by atoms with Crippen molar-refractivity contribution in [2.75, 3.05) is 20.2 Å². The number of pyridine rings is 1. The molecule has 2 aromatic rings. The molecule has 1 fully saturated rings. The number of aromatic nitrogens is 1. The Hall–Kier alpha value is -2.15. The lowest BCUT2D eigenvalue weighted by Crippen LogP contribution is -2.41. The average Bonchev–Trinajstić information content (AvgIpc) is 2.78. The van der Waals surface area contributed by atoms with Crippen molar-refractivity contribution in [3.63, 3.8) is 0 Å². The molecule has 2 heterocycles. The lowest BCUT2D eigenvalue weighted by molar-refractivity contribution is -0.146. The Morgan fingerprint density at radius 3 is 2.21 bits per heavy atom. The monoisotopic (exact) mass is 509 g/mol. The number of piperidine rings is 1. The fourth-order valence-corrected chi connectivity index (χ4v) is 4.52. The number of halogens is 2. The van der Waals surface area contributed by atoms with Crippen molar-refractivity contribution in [2.45, 2.75) is 53.5 Å². The number of hydrogen-bond donors (Lipinski definition) is 1. The number of nitrogens with two attached hydrogens (primary N) is 1. The van der Waals surface area contributed by atoms with Crippen molar-refractivity contribution in [3.05, 3.63) is 52.3 Å². The van der Waals surface area contributed by atoms with Gasteiger partial charge in [-0.1, -0.05) is 43.7 Å². The predicted octanol–water partition coefficient (Wildman–Crippen LogP) is 4.89. The molecule has 6 nitrogen and oxygen atoms in total. The number of hydrogen-bond acceptors (Lipinski definition) is 5. The Bertz CT molecular complexity index is 986. The topological polar surface area (TPSA) is 85.5 Å². The summed E-state index contributed by atoms with van der Waals surface area (Å²) in [6.45, 7) is 9.65. The van der Waals surface area contributed by atoms with E-state index in [2.05, 4.69) is 38.1 Å². The van der Waals surface area contributed by atoms with Crippen molar-refractivity contribution < 1.29 is 14.3 Å². The zero-order chi connectivity index (χ0) is 23.4.